The summed E-state index contributed by atoms with van der Waals surface area (Å²) in [5.41, 5.74) is 0.854. The Kier molecular flexibility index (Phi) is 1.37. The van der Waals surface area contributed by atoms with Crippen LogP contribution in [0.3, 0.4) is 0 Å². The van der Waals surface area contributed by atoms with E-state index in [4.69, 9.17) is 4.52 Å². The Bertz CT molecular complexity index is 355. The molecule has 1 aromatic heterocycles. The molecule has 2 nitrogen and oxygen atoms in total. The molecule has 10 heavy (non-hydrogen) atoms. The monoisotopic (exact) mass is 246 g/mol. The van der Waals surface area contributed by atoms with Crippen molar-refractivity contribution in [2.75, 3.05) is 0 Å². The van der Waals surface area contributed by atoms with Gasteiger partial charge < -0.3 is 4.52 Å². The van der Waals surface area contributed by atoms with Crippen LogP contribution in [-0.2, 0) is 0 Å². The van der Waals surface area contributed by atoms with Crippen LogP contribution in [0.15, 0.2) is 28.9 Å². The highest BCUT2D eigenvalue weighted by Gasteiger charge is 2.00. The van der Waals surface area contributed by atoms with Crippen molar-refractivity contribution in [3.8, 4) is 0 Å². The van der Waals surface area contributed by atoms with Gasteiger partial charge in [-0.1, -0.05) is 5.16 Å². The van der Waals surface area contributed by atoms with E-state index in [-0.39, 0.29) is 0 Å². The van der Waals surface area contributed by atoms with Crippen LogP contribution in [-0.4, -0.2) is 5.16 Å². The SMILES string of the molecule is [IH+]c1ccc2oncc2c1. The van der Waals surface area contributed by atoms with E-state index in [1.165, 1.54) is 3.57 Å². The van der Waals surface area contributed by atoms with Gasteiger partial charge in [-0.15, -0.1) is 0 Å². The third kappa shape index (κ3) is 0.901. The Morgan fingerprint density at radius 1 is 1.40 bits per heavy atom. The van der Waals surface area contributed by atoms with Crippen molar-refractivity contribution in [2.45, 2.75) is 0 Å². The fourth-order valence-electron chi connectivity index (χ4n) is 0.850. The summed E-state index contributed by atoms with van der Waals surface area (Å²) in [5, 5.41) is 4.74. The third-order valence-corrected chi connectivity index (χ3v) is 2.05. The lowest BCUT2D eigenvalue weighted by molar-refractivity contribution is -0.328. The smallest absolute Gasteiger partial charge is 0.296 e. The molecule has 0 spiro atoms. The minimum Gasteiger partial charge on any atom is -0.356 e. The molecular formula is C7H5INO+. The first-order chi connectivity index (χ1) is 4.86. The van der Waals surface area contributed by atoms with Gasteiger partial charge in [-0.05, 0) is 12.1 Å². The summed E-state index contributed by atoms with van der Waals surface area (Å²) in [6.07, 6.45) is 1.73. The van der Waals surface area contributed by atoms with Crippen LogP contribution in [0.1, 0.15) is 0 Å². The molecule has 0 unspecified atom stereocenters. The summed E-state index contributed by atoms with van der Waals surface area (Å²) in [6, 6.07) is 5.99. The van der Waals surface area contributed by atoms with Gasteiger partial charge in [-0.2, -0.15) is 0 Å². The predicted octanol–water partition coefficient (Wildman–Crippen LogP) is -1.72. The minimum absolute atomic E-state index is 0.854. The lowest BCUT2D eigenvalue weighted by atomic mass is 10.3. The quantitative estimate of drug-likeness (QED) is 0.517. The van der Waals surface area contributed by atoms with Gasteiger partial charge in [0.25, 0.3) is 22.6 Å². The molecular weight excluding hydrogens is 241 g/mol. The third-order valence-electron chi connectivity index (χ3n) is 1.32. The Morgan fingerprint density at radius 3 is 3.20 bits per heavy atom. The number of hydrogen-bond acceptors (Lipinski definition) is 2. The molecule has 0 fully saturated rings. The number of aromatic nitrogens is 1. The molecule has 3 heteroatoms. The van der Waals surface area contributed by atoms with Crippen LogP contribution >= 0.6 is 0 Å². The average Bonchev–Trinajstić information content (AvgIpc) is 2.33. The standard InChI is InChI=1S/C7H5INO/c8-6-1-2-7-5(3-6)4-9-10-7/h1-4,8H/q+1. The minimum atomic E-state index is 0.854. The molecule has 2 aromatic rings. The molecule has 0 amide bonds. The normalized spacial score (nSPS) is 10.5. The highest BCUT2D eigenvalue weighted by Crippen LogP contribution is 2.10. The molecule has 0 bridgehead atoms. The van der Waals surface area contributed by atoms with Crippen LogP contribution < -0.4 is 22.6 Å². The Balaban J connectivity index is 2.86. The fraction of sp³-hybridized carbons (Fsp3) is 0. The maximum Gasteiger partial charge on any atom is 0.296 e. The van der Waals surface area contributed by atoms with Gasteiger partial charge in [0, 0.05) is 11.5 Å². The van der Waals surface area contributed by atoms with Crippen molar-refractivity contribution in [1.29, 1.82) is 0 Å². The molecule has 0 saturated carbocycles. The van der Waals surface area contributed by atoms with Crippen LogP contribution in [0.25, 0.3) is 11.0 Å². The molecule has 0 aliphatic carbocycles. The Labute approximate surface area is 71.3 Å². The molecule has 0 aliphatic rings. The summed E-state index contributed by atoms with van der Waals surface area (Å²) in [5.74, 6) is 0. The Hall–Kier alpha value is -0.580. The molecule has 0 aliphatic heterocycles. The number of fused-ring (bicyclic) bond motifs is 1. The molecule has 1 aromatic carbocycles. The molecule has 1 heterocycles. The highest BCUT2D eigenvalue weighted by atomic mass is 127. The van der Waals surface area contributed by atoms with E-state index in [2.05, 4.69) is 11.2 Å². The van der Waals surface area contributed by atoms with E-state index >= 15 is 0 Å². The number of hydrogen-bond donors (Lipinski definition) is 0. The lowest BCUT2D eigenvalue weighted by Crippen LogP contribution is -3.34. The number of rotatable bonds is 0. The lowest BCUT2D eigenvalue weighted by Gasteiger charge is -1.80. The number of nitrogens with zero attached hydrogens (tertiary/aromatic N) is 1. The van der Waals surface area contributed by atoms with Crippen LogP contribution in [0, 0.1) is 3.57 Å². The van der Waals surface area contributed by atoms with Crippen molar-refractivity contribution in [3.05, 3.63) is 28.0 Å². The summed E-state index contributed by atoms with van der Waals surface area (Å²) < 4.78 is 6.17. The zero-order valence-electron chi connectivity index (χ0n) is 5.07. The zero-order chi connectivity index (χ0) is 6.97. The van der Waals surface area contributed by atoms with E-state index in [1.54, 1.807) is 6.20 Å². The van der Waals surface area contributed by atoms with Gasteiger partial charge in [0.15, 0.2) is 9.15 Å². The average molecular weight is 246 g/mol. The van der Waals surface area contributed by atoms with Gasteiger partial charge in [0.2, 0.25) is 0 Å². The summed E-state index contributed by atoms with van der Waals surface area (Å²) in [4.78, 5) is 0. The molecule has 2 rings (SSSR count). The van der Waals surface area contributed by atoms with Crippen LogP contribution in [0.2, 0.25) is 0 Å². The van der Waals surface area contributed by atoms with Gasteiger partial charge in [0.05, 0.1) is 6.20 Å². The molecule has 50 valence electrons. The summed E-state index contributed by atoms with van der Waals surface area (Å²) in [6.45, 7) is 0. The summed E-state index contributed by atoms with van der Waals surface area (Å²) >= 11 is 1.98. The first kappa shape index (κ1) is 6.15. The second kappa shape index (κ2) is 2.23. The van der Waals surface area contributed by atoms with E-state index < -0.39 is 0 Å². The fourth-order valence-corrected chi connectivity index (χ4v) is 1.41. The topological polar surface area (TPSA) is 26.0 Å². The van der Waals surface area contributed by atoms with E-state index in [0.29, 0.717) is 0 Å². The highest BCUT2D eigenvalue weighted by molar-refractivity contribution is 5.75. The van der Waals surface area contributed by atoms with Gasteiger partial charge in [-0.3, -0.25) is 0 Å². The summed E-state index contributed by atoms with van der Waals surface area (Å²) in [7, 11) is 0. The van der Waals surface area contributed by atoms with Crippen molar-refractivity contribution in [2.24, 2.45) is 0 Å². The Morgan fingerprint density at radius 2 is 2.30 bits per heavy atom. The van der Waals surface area contributed by atoms with Gasteiger partial charge in [-0.25, -0.2) is 0 Å². The molecule has 0 N–H and O–H groups in total. The largest absolute Gasteiger partial charge is 0.356 e. The first-order valence-corrected chi connectivity index (χ1v) is 4.04. The van der Waals surface area contributed by atoms with Crippen molar-refractivity contribution in [3.63, 3.8) is 0 Å². The predicted molar refractivity (Wildman–Crippen MR) is 34.1 cm³/mol. The van der Waals surface area contributed by atoms with Crippen LogP contribution in [0.4, 0.5) is 0 Å². The maximum absolute atomic E-state index is 4.92. The second-order valence-electron chi connectivity index (χ2n) is 2.03. The molecule has 0 radical (unpaired) electrons. The zero-order valence-corrected chi connectivity index (χ0v) is 7.40. The molecule has 0 atom stereocenters. The number of halogens is 1. The van der Waals surface area contributed by atoms with Crippen molar-refractivity contribution in [1.82, 2.24) is 5.16 Å². The second-order valence-corrected chi connectivity index (χ2v) is 3.37. The number of benzene rings is 1. The van der Waals surface area contributed by atoms with Gasteiger partial charge >= 0.3 is 0 Å². The van der Waals surface area contributed by atoms with Crippen LogP contribution in [0.5, 0.6) is 0 Å². The van der Waals surface area contributed by atoms with E-state index in [9.17, 15) is 0 Å². The maximum atomic E-state index is 4.92. The van der Waals surface area contributed by atoms with E-state index in [1.807, 2.05) is 34.7 Å². The molecule has 0 saturated heterocycles. The van der Waals surface area contributed by atoms with E-state index in [0.717, 1.165) is 11.0 Å². The van der Waals surface area contributed by atoms with Gasteiger partial charge in [0.1, 0.15) is 0 Å². The van der Waals surface area contributed by atoms with Crippen molar-refractivity contribution < 1.29 is 27.1 Å². The first-order valence-electron chi connectivity index (χ1n) is 2.88. The van der Waals surface area contributed by atoms with Crippen molar-refractivity contribution >= 4 is 11.0 Å².